The second-order valence-electron chi connectivity index (χ2n) is 5.16. The van der Waals surface area contributed by atoms with Gasteiger partial charge in [-0.3, -0.25) is 0 Å². The van der Waals surface area contributed by atoms with Crippen LogP contribution in [0.5, 0.6) is 0 Å². The van der Waals surface area contributed by atoms with Crippen LogP contribution in [0.4, 0.5) is 0 Å². The molecule has 0 saturated carbocycles. The van der Waals surface area contributed by atoms with E-state index in [0.717, 1.165) is 0 Å². The Morgan fingerprint density at radius 3 is 0.875 bits per heavy atom. The lowest BCUT2D eigenvalue weighted by molar-refractivity contribution is 1.48. The van der Waals surface area contributed by atoms with E-state index in [4.69, 9.17) is 0 Å². The average molecular weight is 314 g/mol. The molecule has 4 aromatic rings. The highest BCUT2D eigenvalue weighted by molar-refractivity contribution is 5.81. The maximum Gasteiger partial charge on any atom is -0.0184 e. The molecule has 0 amide bonds. The predicted octanol–water partition coefficient (Wildman–Crippen LogP) is 7.16. The van der Waals surface area contributed by atoms with Crippen molar-refractivity contribution in [3.63, 3.8) is 0 Å². The fraction of sp³-hybridized carbons (Fsp3) is 0.0833. The zero-order chi connectivity index (χ0) is 16.2. The largest absolute Gasteiger partial charge is 0.0776 e. The normalized spacial score (nSPS) is 8.71. The Bertz CT molecular complexity index is 682. The third kappa shape index (κ3) is 7.42. The van der Waals surface area contributed by atoms with Gasteiger partial charge in [0.05, 0.1) is 0 Å². The number of rotatable bonds is 0. The lowest BCUT2D eigenvalue weighted by Crippen LogP contribution is -1.67. The van der Waals surface area contributed by atoms with Gasteiger partial charge in [-0.1, -0.05) is 128 Å². The molecule has 0 spiro atoms. The van der Waals surface area contributed by atoms with E-state index in [9.17, 15) is 0 Å². The predicted molar refractivity (Wildman–Crippen MR) is 108 cm³/mol. The molecule has 0 aromatic heterocycles. The lowest BCUT2D eigenvalue weighted by atomic mass is 10.1. The van der Waals surface area contributed by atoms with Gasteiger partial charge in [-0.25, -0.2) is 0 Å². The summed E-state index contributed by atoms with van der Waals surface area (Å²) in [4.78, 5) is 0. The third-order valence-electron chi connectivity index (χ3n) is 3.27. The molecule has 4 aromatic carbocycles. The molecule has 0 bridgehead atoms. The number of hydrogen-bond donors (Lipinski definition) is 0. The van der Waals surface area contributed by atoms with Crippen LogP contribution < -0.4 is 0 Å². The van der Waals surface area contributed by atoms with Crippen LogP contribution in [0, 0.1) is 6.92 Å². The van der Waals surface area contributed by atoms with Crippen molar-refractivity contribution in [1.29, 1.82) is 0 Å². The van der Waals surface area contributed by atoms with Crippen molar-refractivity contribution in [3.05, 3.63) is 121 Å². The summed E-state index contributed by atoms with van der Waals surface area (Å²) in [5.74, 6) is 0. The minimum atomic E-state index is 0. The molecule has 0 atom stereocenters. The van der Waals surface area contributed by atoms with Gasteiger partial charge in [0.1, 0.15) is 0 Å². The van der Waals surface area contributed by atoms with Crippen LogP contribution >= 0.6 is 0 Å². The first-order chi connectivity index (χ1) is 11.4. The monoisotopic (exact) mass is 314 g/mol. The first-order valence-electron chi connectivity index (χ1n) is 7.82. The summed E-state index contributed by atoms with van der Waals surface area (Å²) in [7, 11) is 0. The van der Waals surface area contributed by atoms with E-state index in [1.165, 1.54) is 16.3 Å². The third-order valence-corrected chi connectivity index (χ3v) is 3.27. The van der Waals surface area contributed by atoms with E-state index in [2.05, 4.69) is 67.6 Å². The summed E-state index contributed by atoms with van der Waals surface area (Å²) >= 11 is 0. The van der Waals surface area contributed by atoms with Gasteiger partial charge in [0.15, 0.2) is 0 Å². The Balaban J connectivity index is 0.000000184. The highest BCUT2D eigenvalue weighted by Gasteiger charge is 1.85. The van der Waals surface area contributed by atoms with E-state index < -0.39 is 0 Å². The molecule has 0 aliphatic rings. The Kier molecular flexibility index (Phi) is 9.33. The van der Waals surface area contributed by atoms with Crippen molar-refractivity contribution in [2.75, 3.05) is 0 Å². The highest BCUT2D eigenvalue weighted by Crippen LogP contribution is 2.11. The van der Waals surface area contributed by atoms with Gasteiger partial charge in [0.2, 0.25) is 0 Å². The Labute approximate surface area is 146 Å². The summed E-state index contributed by atoms with van der Waals surface area (Å²) in [6.07, 6.45) is 0. The van der Waals surface area contributed by atoms with Crippen molar-refractivity contribution >= 4 is 10.8 Å². The van der Waals surface area contributed by atoms with Gasteiger partial charge in [-0.05, 0) is 17.7 Å². The van der Waals surface area contributed by atoms with E-state index in [0.29, 0.717) is 0 Å². The summed E-state index contributed by atoms with van der Waals surface area (Å²) in [6, 6.07) is 39.0. The number of benzene rings is 4. The van der Waals surface area contributed by atoms with Gasteiger partial charge in [-0.2, -0.15) is 0 Å². The molecule has 0 radical (unpaired) electrons. The quantitative estimate of drug-likeness (QED) is 0.323. The van der Waals surface area contributed by atoms with Crippen LogP contribution in [0.25, 0.3) is 10.8 Å². The van der Waals surface area contributed by atoms with Crippen molar-refractivity contribution in [1.82, 2.24) is 0 Å². The first kappa shape index (κ1) is 19.2. The molecule has 122 valence electrons. The molecule has 0 saturated heterocycles. The first-order valence-corrected chi connectivity index (χ1v) is 7.82. The number of fused-ring (bicyclic) bond motifs is 1. The summed E-state index contributed by atoms with van der Waals surface area (Å²) < 4.78 is 0. The van der Waals surface area contributed by atoms with Gasteiger partial charge < -0.3 is 0 Å². The van der Waals surface area contributed by atoms with Crippen molar-refractivity contribution in [2.24, 2.45) is 0 Å². The van der Waals surface area contributed by atoms with Crippen LogP contribution in [-0.4, -0.2) is 0 Å². The molecule has 0 heterocycles. The maximum absolute atomic E-state index is 2.12. The van der Waals surface area contributed by atoms with E-state index >= 15 is 0 Å². The second kappa shape index (κ2) is 11.7. The second-order valence-corrected chi connectivity index (χ2v) is 5.16. The fourth-order valence-corrected chi connectivity index (χ4v) is 2.05. The van der Waals surface area contributed by atoms with Crippen LogP contribution in [0.15, 0.2) is 115 Å². The molecular formula is C24H26. The molecule has 0 unspecified atom stereocenters. The van der Waals surface area contributed by atoms with Gasteiger partial charge in [0.25, 0.3) is 0 Å². The summed E-state index contributed by atoms with van der Waals surface area (Å²) in [6.45, 7) is 2.08. The van der Waals surface area contributed by atoms with Crippen LogP contribution in [0.2, 0.25) is 0 Å². The van der Waals surface area contributed by atoms with Crippen molar-refractivity contribution in [2.45, 2.75) is 14.4 Å². The molecule has 0 aliphatic carbocycles. The van der Waals surface area contributed by atoms with Crippen LogP contribution in [0.1, 0.15) is 13.0 Å². The molecule has 0 aliphatic heterocycles. The van der Waals surface area contributed by atoms with Crippen molar-refractivity contribution < 1.29 is 0 Å². The molecule has 0 fully saturated rings. The molecule has 0 N–H and O–H groups in total. The minimum absolute atomic E-state index is 0. The standard InChI is InChI=1S/C10H8.C7H8.C6H6.CH4/c1-2-6-10-8-4-3-7-9(10)5-1;1-7-5-3-2-4-6-7;1-2-4-6-5-3-1;/h1-8H;2-6H,1H3;1-6H;1H4. The average Bonchev–Trinajstić information content (AvgIpc) is 2.65. The van der Waals surface area contributed by atoms with E-state index in [1.807, 2.05) is 54.6 Å². The SMILES string of the molecule is C.Cc1ccccc1.c1ccc2ccccc2c1.c1ccccc1. The Morgan fingerprint density at radius 2 is 0.625 bits per heavy atom. The summed E-state index contributed by atoms with van der Waals surface area (Å²) in [5.41, 5.74) is 1.32. The molecule has 24 heavy (non-hydrogen) atoms. The Hall–Kier alpha value is -2.86. The minimum Gasteiger partial charge on any atom is -0.0776 e. The fourth-order valence-electron chi connectivity index (χ4n) is 2.05. The zero-order valence-electron chi connectivity index (χ0n) is 13.5. The molecule has 4 rings (SSSR count). The number of hydrogen-bond acceptors (Lipinski definition) is 0. The molecule has 0 nitrogen and oxygen atoms in total. The molecular weight excluding hydrogens is 288 g/mol. The van der Waals surface area contributed by atoms with Gasteiger partial charge >= 0.3 is 0 Å². The van der Waals surface area contributed by atoms with Crippen LogP contribution in [-0.2, 0) is 0 Å². The molecule has 0 heteroatoms. The Morgan fingerprint density at radius 1 is 0.375 bits per heavy atom. The van der Waals surface area contributed by atoms with Crippen molar-refractivity contribution in [3.8, 4) is 0 Å². The number of aryl methyl sites for hydroxylation is 1. The topological polar surface area (TPSA) is 0 Å². The lowest BCUT2D eigenvalue weighted by Gasteiger charge is -1.92. The zero-order valence-corrected chi connectivity index (χ0v) is 13.5. The summed E-state index contributed by atoms with van der Waals surface area (Å²) in [5, 5.41) is 2.62. The van der Waals surface area contributed by atoms with Gasteiger partial charge in [-0.15, -0.1) is 0 Å². The maximum atomic E-state index is 2.12. The van der Waals surface area contributed by atoms with Gasteiger partial charge in [0, 0.05) is 0 Å². The smallest absolute Gasteiger partial charge is 0.0184 e. The van der Waals surface area contributed by atoms with Crippen LogP contribution in [0.3, 0.4) is 0 Å². The van der Waals surface area contributed by atoms with E-state index in [1.54, 1.807) is 0 Å². The van der Waals surface area contributed by atoms with E-state index in [-0.39, 0.29) is 7.43 Å². The highest BCUT2D eigenvalue weighted by atomic mass is 13.9.